The monoisotopic (exact) mass is 331 g/mol. The molecule has 0 aliphatic rings. The molecule has 0 aromatic heterocycles. The Morgan fingerprint density at radius 3 is 2.22 bits per heavy atom. The zero-order valence-electron chi connectivity index (χ0n) is 12.6. The molecule has 8 heteroatoms. The van der Waals surface area contributed by atoms with E-state index < -0.39 is 40.9 Å². The minimum atomic E-state index is -1.40. The molecule has 1 aromatic rings. The van der Waals surface area contributed by atoms with Crippen molar-refractivity contribution in [2.45, 2.75) is 32.2 Å². The quantitative estimate of drug-likeness (QED) is 0.777. The van der Waals surface area contributed by atoms with Crippen LogP contribution in [0.2, 0.25) is 0 Å². The Hall–Kier alpha value is -2.38. The van der Waals surface area contributed by atoms with Crippen molar-refractivity contribution < 1.29 is 32.3 Å². The molecule has 5 nitrogen and oxygen atoms in total. The third-order valence-corrected chi connectivity index (χ3v) is 3.13. The van der Waals surface area contributed by atoms with Crippen LogP contribution < -0.4 is 5.32 Å². The number of halogens is 3. The minimum absolute atomic E-state index is 0.00900. The molecule has 0 saturated heterocycles. The Morgan fingerprint density at radius 2 is 1.74 bits per heavy atom. The maximum absolute atomic E-state index is 13.6. The SMILES string of the molecule is CCC(=O)CC[C@H](NC(=O)c1c(F)cc(F)cc1F)C(=O)OC. The molecule has 1 atom stereocenters. The summed E-state index contributed by atoms with van der Waals surface area (Å²) in [5, 5.41) is 2.10. The van der Waals surface area contributed by atoms with Gasteiger partial charge in [0.2, 0.25) is 0 Å². The van der Waals surface area contributed by atoms with E-state index in [0.717, 1.165) is 7.11 Å². The number of carbonyl (C=O) groups excluding carboxylic acids is 3. The first-order chi connectivity index (χ1) is 10.8. The van der Waals surface area contributed by atoms with Crippen LogP contribution in [0, 0.1) is 17.5 Å². The summed E-state index contributed by atoms with van der Waals surface area (Å²) in [6.45, 7) is 1.64. The maximum atomic E-state index is 13.6. The van der Waals surface area contributed by atoms with E-state index in [0.29, 0.717) is 12.1 Å². The van der Waals surface area contributed by atoms with Crippen LogP contribution in [0.25, 0.3) is 0 Å². The fourth-order valence-corrected chi connectivity index (χ4v) is 1.86. The number of nitrogens with one attached hydrogen (secondary N) is 1. The summed E-state index contributed by atoms with van der Waals surface area (Å²) in [5.74, 6) is -6.20. The number of carbonyl (C=O) groups is 3. The molecule has 1 N–H and O–H groups in total. The Kier molecular flexibility index (Phi) is 6.74. The van der Waals surface area contributed by atoms with E-state index in [1.807, 2.05) is 0 Å². The third-order valence-electron chi connectivity index (χ3n) is 3.13. The van der Waals surface area contributed by atoms with Gasteiger partial charge in [0.05, 0.1) is 7.11 Å². The Bertz CT molecular complexity index is 596. The van der Waals surface area contributed by atoms with Gasteiger partial charge in [0.15, 0.2) is 0 Å². The van der Waals surface area contributed by atoms with Gasteiger partial charge in [0.1, 0.15) is 34.8 Å². The second-order valence-corrected chi connectivity index (χ2v) is 4.72. The van der Waals surface area contributed by atoms with Gasteiger partial charge in [-0.2, -0.15) is 0 Å². The van der Waals surface area contributed by atoms with Gasteiger partial charge in [0, 0.05) is 25.0 Å². The van der Waals surface area contributed by atoms with E-state index in [-0.39, 0.29) is 25.0 Å². The number of Topliss-reactive ketones (excluding diaryl/α,β-unsaturated/α-hetero) is 1. The molecule has 1 aromatic carbocycles. The Balaban J connectivity index is 2.93. The number of methoxy groups -OCH3 is 1. The summed E-state index contributed by atoms with van der Waals surface area (Å²) < 4.78 is 44.4. The van der Waals surface area contributed by atoms with Gasteiger partial charge in [-0.15, -0.1) is 0 Å². The molecule has 0 aliphatic carbocycles. The Labute approximate surface area is 130 Å². The highest BCUT2D eigenvalue weighted by Gasteiger charge is 2.26. The lowest BCUT2D eigenvalue weighted by Gasteiger charge is -2.16. The number of esters is 1. The number of rotatable bonds is 7. The first kappa shape index (κ1) is 18.7. The molecular formula is C15H16F3NO4. The summed E-state index contributed by atoms with van der Waals surface area (Å²) in [5.41, 5.74) is -1.01. The lowest BCUT2D eigenvalue weighted by atomic mass is 10.1. The average molecular weight is 331 g/mol. The van der Waals surface area contributed by atoms with Crippen LogP contribution in [0.1, 0.15) is 36.5 Å². The van der Waals surface area contributed by atoms with Gasteiger partial charge in [-0.1, -0.05) is 6.92 Å². The fourth-order valence-electron chi connectivity index (χ4n) is 1.86. The largest absolute Gasteiger partial charge is 0.467 e. The van der Waals surface area contributed by atoms with E-state index in [2.05, 4.69) is 10.1 Å². The molecule has 23 heavy (non-hydrogen) atoms. The summed E-state index contributed by atoms with van der Waals surface area (Å²) in [6.07, 6.45) is 0.170. The van der Waals surface area contributed by atoms with Gasteiger partial charge < -0.3 is 10.1 Å². The first-order valence-corrected chi connectivity index (χ1v) is 6.85. The summed E-state index contributed by atoms with van der Waals surface area (Å²) in [6, 6.07) is -0.538. The fraction of sp³-hybridized carbons (Fsp3) is 0.400. The molecule has 0 saturated carbocycles. The van der Waals surface area contributed by atoms with Crippen molar-refractivity contribution in [3.05, 3.63) is 35.1 Å². The Morgan fingerprint density at radius 1 is 1.17 bits per heavy atom. The zero-order chi connectivity index (χ0) is 17.6. The van der Waals surface area contributed by atoms with Crippen LogP contribution in [0.15, 0.2) is 12.1 Å². The van der Waals surface area contributed by atoms with Gasteiger partial charge in [-0.25, -0.2) is 18.0 Å². The minimum Gasteiger partial charge on any atom is -0.467 e. The predicted molar refractivity (Wildman–Crippen MR) is 74.1 cm³/mol. The van der Waals surface area contributed by atoms with Gasteiger partial charge in [-0.3, -0.25) is 9.59 Å². The van der Waals surface area contributed by atoms with Crippen molar-refractivity contribution in [1.29, 1.82) is 0 Å². The third kappa shape index (κ3) is 5.08. The van der Waals surface area contributed by atoms with Crippen molar-refractivity contribution in [2.24, 2.45) is 0 Å². The molecule has 0 bridgehead atoms. The van der Waals surface area contributed by atoms with Crippen molar-refractivity contribution in [3.8, 4) is 0 Å². The highest BCUT2D eigenvalue weighted by atomic mass is 19.1. The van der Waals surface area contributed by atoms with Gasteiger partial charge in [-0.05, 0) is 6.42 Å². The van der Waals surface area contributed by atoms with Gasteiger partial charge in [0.25, 0.3) is 5.91 Å². The second kappa shape index (κ2) is 8.30. The van der Waals surface area contributed by atoms with Crippen molar-refractivity contribution >= 4 is 17.7 Å². The molecule has 1 amide bonds. The molecule has 0 radical (unpaired) electrons. The highest BCUT2D eigenvalue weighted by Crippen LogP contribution is 2.15. The van der Waals surface area contributed by atoms with Crippen molar-refractivity contribution in [1.82, 2.24) is 5.32 Å². The van der Waals surface area contributed by atoms with Crippen molar-refractivity contribution in [2.75, 3.05) is 7.11 Å². The zero-order valence-corrected chi connectivity index (χ0v) is 12.6. The van der Waals surface area contributed by atoms with Crippen LogP contribution in [-0.2, 0) is 14.3 Å². The molecule has 1 rings (SSSR count). The predicted octanol–water partition coefficient (Wildman–Crippen LogP) is 2.13. The summed E-state index contributed by atoms with van der Waals surface area (Å²) in [7, 11) is 1.07. The molecule has 0 heterocycles. The summed E-state index contributed by atoms with van der Waals surface area (Å²) in [4.78, 5) is 34.8. The maximum Gasteiger partial charge on any atom is 0.328 e. The molecule has 0 fully saturated rings. The van der Waals surface area contributed by atoms with E-state index in [1.165, 1.54) is 0 Å². The number of hydrogen-bond acceptors (Lipinski definition) is 4. The van der Waals surface area contributed by atoms with Crippen molar-refractivity contribution in [3.63, 3.8) is 0 Å². The number of ketones is 1. The molecular weight excluding hydrogens is 315 g/mol. The van der Waals surface area contributed by atoms with Crippen LogP contribution in [0.4, 0.5) is 13.2 Å². The van der Waals surface area contributed by atoms with E-state index >= 15 is 0 Å². The van der Waals surface area contributed by atoms with E-state index in [9.17, 15) is 27.6 Å². The average Bonchev–Trinajstić information content (AvgIpc) is 2.49. The molecule has 0 unspecified atom stereocenters. The van der Waals surface area contributed by atoms with Crippen LogP contribution in [0.3, 0.4) is 0 Å². The lowest BCUT2D eigenvalue weighted by molar-refractivity contribution is -0.143. The number of benzene rings is 1. The molecule has 126 valence electrons. The molecule has 0 spiro atoms. The van der Waals surface area contributed by atoms with Crippen LogP contribution >= 0.6 is 0 Å². The van der Waals surface area contributed by atoms with Crippen LogP contribution in [-0.4, -0.2) is 30.8 Å². The van der Waals surface area contributed by atoms with E-state index in [4.69, 9.17) is 0 Å². The second-order valence-electron chi connectivity index (χ2n) is 4.72. The van der Waals surface area contributed by atoms with E-state index in [1.54, 1.807) is 6.92 Å². The normalized spacial score (nSPS) is 11.7. The number of ether oxygens (including phenoxy) is 1. The lowest BCUT2D eigenvalue weighted by Crippen LogP contribution is -2.42. The standard InChI is InChI=1S/C15H16F3NO4/c1-3-9(20)4-5-12(15(22)23-2)19-14(21)13-10(17)6-8(16)7-11(13)18/h6-7,12H,3-5H2,1-2H3,(H,19,21)/t12-/m0/s1. The number of hydrogen-bond donors (Lipinski definition) is 1. The molecule has 0 aliphatic heterocycles. The summed E-state index contributed by atoms with van der Waals surface area (Å²) >= 11 is 0. The smallest absolute Gasteiger partial charge is 0.328 e. The van der Waals surface area contributed by atoms with Crippen LogP contribution in [0.5, 0.6) is 0 Å². The highest BCUT2D eigenvalue weighted by molar-refractivity contribution is 5.97. The topological polar surface area (TPSA) is 72.5 Å². The number of amides is 1. The van der Waals surface area contributed by atoms with Gasteiger partial charge >= 0.3 is 5.97 Å². The first-order valence-electron chi connectivity index (χ1n) is 6.85.